The third kappa shape index (κ3) is 3.12. The van der Waals surface area contributed by atoms with Crippen LogP contribution in [-0.4, -0.2) is 53.0 Å². The van der Waals surface area contributed by atoms with Crippen molar-refractivity contribution in [3.8, 4) is 0 Å². The summed E-state index contributed by atoms with van der Waals surface area (Å²) in [6.45, 7) is 3.65. The number of anilines is 2. The zero-order chi connectivity index (χ0) is 13.7. The Morgan fingerprint density at radius 3 is 2.63 bits per heavy atom. The van der Waals surface area contributed by atoms with E-state index in [0.29, 0.717) is 19.0 Å². The molecule has 0 bridgehead atoms. The molecular weight excluding hydrogens is 264 g/mol. The summed E-state index contributed by atoms with van der Waals surface area (Å²) in [4.78, 5) is 11.7. The first-order chi connectivity index (χ1) is 9.30. The van der Waals surface area contributed by atoms with E-state index < -0.39 is 0 Å². The molecule has 2 rings (SSSR count). The normalized spacial score (nSPS) is 10.9. The van der Waals surface area contributed by atoms with E-state index in [2.05, 4.69) is 15.3 Å². The van der Waals surface area contributed by atoms with E-state index in [1.54, 1.807) is 11.3 Å². The standard InChI is InChI=1S/C12H18N4O2S/c1-2-13-12-14-10(16(4-6-17)5-7-18)9-3-8-19-11(9)15-12/h3,8,17-18H,2,4-7H2,1H3,(H,13,14,15). The van der Waals surface area contributed by atoms with Crippen LogP contribution in [0.5, 0.6) is 0 Å². The zero-order valence-electron chi connectivity index (χ0n) is 10.8. The summed E-state index contributed by atoms with van der Waals surface area (Å²) in [5, 5.41) is 24.3. The summed E-state index contributed by atoms with van der Waals surface area (Å²) in [6.07, 6.45) is 0. The molecule has 6 nitrogen and oxygen atoms in total. The average Bonchev–Trinajstić information content (AvgIpc) is 2.86. The van der Waals surface area contributed by atoms with E-state index >= 15 is 0 Å². The molecule has 0 unspecified atom stereocenters. The van der Waals surface area contributed by atoms with Crippen LogP contribution in [0.1, 0.15) is 6.92 Å². The van der Waals surface area contributed by atoms with Crippen molar-refractivity contribution in [3.63, 3.8) is 0 Å². The first kappa shape index (κ1) is 14.0. The van der Waals surface area contributed by atoms with Crippen molar-refractivity contribution < 1.29 is 10.2 Å². The maximum Gasteiger partial charge on any atom is 0.226 e. The number of rotatable bonds is 7. The summed E-state index contributed by atoms with van der Waals surface area (Å²) >= 11 is 1.55. The Balaban J connectivity index is 2.45. The van der Waals surface area contributed by atoms with Crippen LogP contribution in [0.25, 0.3) is 10.2 Å². The SMILES string of the molecule is CCNc1nc(N(CCO)CCO)c2ccsc2n1. The minimum absolute atomic E-state index is 0.0200. The fraction of sp³-hybridized carbons (Fsp3) is 0.500. The van der Waals surface area contributed by atoms with Crippen LogP contribution in [0.3, 0.4) is 0 Å². The van der Waals surface area contributed by atoms with Gasteiger partial charge < -0.3 is 20.4 Å². The number of aliphatic hydroxyl groups excluding tert-OH is 2. The van der Waals surface area contributed by atoms with Gasteiger partial charge in [0.15, 0.2) is 0 Å². The predicted molar refractivity (Wildman–Crippen MR) is 78.0 cm³/mol. The fourth-order valence-electron chi connectivity index (χ4n) is 1.88. The molecule has 3 N–H and O–H groups in total. The highest BCUT2D eigenvalue weighted by atomic mass is 32.1. The van der Waals surface area contributed by atoms with Crippen LogP contribution in [0, 0.1) is 0 Å². The molecule has 0 amide bonds. The Morgan fingerprint density at radius 1 is 1.26 bits per heavy atom. The van der Waals surface area contributed by atoms with E-state index in [-0.39, 0.29) is 13.2 Å². The second-order valence-corrected chi connectivity index (χ2v) is 4.87. The topological polar surface area (TPSA) is 81.5 Å². The Bertz CT molecular complexity index is 525. The minimum Gasteiger partial charge on any atom is -0.395 e. The van der Waals surface area contributed by atoms with E-state index in [4.69, 9.17) is 10.2 Å². The van der Waals surface area contributed by atoms with E-state index in [1.165, 1.54) is 0 Å². The van der Waals surface area contributed by atoms with Crippen molar-refractivity contribution in [2.75, 3.05) is 43.1 Å². The number of aliphatic hydroxyl groups is 2. The summed E-state index contributed by atoms with van der Waals surface area (Å²) < 4.78 is 0. The summed E-state index contributed by atoms with van der Waals surface area (Å²) in [6, 6.07) is 1.97. The van der Waals surface area contributed by atoms with Crippen LogP contribution in [-0.2, 0) is 0 Å². The van der Waals surface area contributed by atoms with Crippen molar-refractivity contribution in [3.05, 3.63) is 11.4 Å². The molecule has 0 radical (unpaired) electrons. The lowest BCUT2D eigenvalue weighted by Crippen LogP contribution is -2.30. The Kier molecular flexibility index (Phi) is 4.89. The highest BCUT2D eigenvalue weighted by Gasteiger charge is 2.14. The molecule has 2 heterocycles. The summed E-state index contributed by atoms with van der Waals surface area (Å²) in [5.41, 5.74) is 0. The van der Waals surface area contributed by atoms with Crippen LogP contribution >= 0.6 is 11.3 Å². The van der Waals surface area contributed by atoms with Gasteiger partial charge in [-0.3, -0.25) is 0 Å². The zero-order valence-corrected chi connectivity index (χ0v) is 11.7. The van der Waals surface area contributed by atoms with E-state index in [0.717, 1.165) is 22.6 Å². The molecule has 0 atom stereocenters. The Morgan fingerprint density at radius 2 is 2.00 bits per heavy atom. The van der Waals surface area contributed by atoms with Gasteiger partial charge in [0.1, 0.15) is 10.6 Å². The molecule has 0 spiro atoms. The third-order valence-electron chi connectivity index (χ3n) is 2.68. The van der Waals surface area contributed by atoms with Crippen molar-refractivity contribution in [1.82, 2.24) is 9.97 Å². The molecule has 7 heteroatoms. The number of nitrogens with one attached hydrogen (secondary N) is 1. The van der Waals surface area contributed by atoms with Gasteiger partial charge in [-0.25, -0.2) is 4.98 Å². The highest BCUT2D eigenvalue weighted by molar-refractivity contribution is 7.16. The molecule has 0 aliphatic heterocycles. The second-order valence-electron chi connectivity index (χ2n) is 3.97. The number of hydrogen-bond donors (Lipinski definition) is 3. The molecule has 2 aromatic rings. The van der Waals surface area contributed by atoms with Gasteiger partial charge in [0, 0.05) is 19.6 Å². The smallest absolute Gasteiger partial charge is 0.226 e. The van der Waals surface area contributed by atoms with Crippen LogP contribution in [0.15, 0.2) is 11.4 Å². The fourth-order valence-corrected chi connectivity index (χ4v) is 2.64. The first-order valence-corrected chi connectivity index (χ1v) is 7.14. The van der Waals surface area contributed by atoms with Gasteiger partial charge in [0.25, 0.3) is 0 Å². The van der Waals surface area contributed by atoms with Gasteiger partial charge >= 0.3 is 0 Å². The van der Waals surface area contributed by atoms with Gasteiger partial charge in [0.2, 0.25) is 5.95 Å². The largest absolute Gasteiger partial charge is 0.395 e. The lowest BCUT2D eigenvalue weighted by atomic mass is 10.3. The Labute approximate surface area is 115 Å². The van der Waals surface area contributed by atoms with Gasteiger partial charge in [-0.05, 0) is 18.4 Å². The average molecular weight is 282 g/mol. The maximum absolute atomic E-state index is 9.14. The monoisotopic (exact) mass is 282 g/mol. The molecule has 0 aliphatic rings. The molecule has 19 heavy (non-hydrogen) atoms. The lowest BCUT2D eigenvalue weighted by Gasteiger charge is -2.22. The molecule has 104 valence electrons. The minimum atomic E-state index is 0.0200. The number of fused-ring (bicyclic) bond motifs is 1. The molecule has 0 aliphatic carbocycles. The van der Waals surface area contributed by atoms with Gasteiger partial charge in [-0.15, -0.1) is 11.3 Å². The molecule has 0 saturated heterocycles. The third-order valence-corrected chi connectivity index (χ3v) is 3.49. The first-order valence-electron chi connectivity index (χ1n) is 6.26. The van der Waals surface area contributed by atoms with Crippen LogP contribution in [0.2, 0.25) is 0 Å². The maximum atomic E-state index is 9.14. The molecule has 2 aromatic heterocycles. The van der Waals surface area contributed by atoms with Gasteiger partial charge in [-0.1, -0.05) is 0 Å². The van der Waals surface area contributed by atoms with Crippen molar-refractivity contribution in [2.45, 2.75) is 6.92 Å². The van der Waals surface area contributed by atoms with Gasteiger partial charge in [0.05, 0.1) is 18.6 Å². The van der Waals surface area contributed by atoms with Crippen molar-refractivity contribution >= 4 is 33.3 Å². The number of thiophene rings is 1. The van der Waals surface area contributed by atoms with E-state index in [9.17, 15) is 0 Å². The van der Waals surface area contributed by atoms with Crippen molar-refractivity contribution in [2.24, 2.45) is 0 Å². The lowest BCUT2D eigenvalue weighted by molar-refractivity contribution is 0.281. The van der Waals surface area contributed by atoms with Gasteiger partial charge in [-0.2, -0.15) is 4.98 Å². The molecule has 0 aromatic carbocycles. The summed E-state index contributed by atoms with van der Waals surface area (Å²) in [7, 11) is 0. The Hall–Kier alpha value is -1.44. The molecule has 0 saturated carbocycles. The number of hydrogen-bond acceptors (Lipinski definition) is 7. The predicted octanol–water partition coefficient (Wildman–Crippen LogP) is 0.914. The number of aromatic nitrogens is 2. The van der Waals surface area contributed by atoms with Crippen LogP contribution < -0.4 is 10.2 Å². The molecule has 0 fully saturated rings. The molecular formula is C12H18N4O2S. The van der Waals surface area contributed by atoms with Crippen LogP contribution in [0.4, 0.5) is 11.8 Å². The second kappa shape index (κ2) is 6.65. The summed E-state index contributed by atoms with van der Waals surface area (Å²) in [5.74, 6) is 1.33. The van der Waals surface area contributed by atoms with E-state index in [1.807, 2.05) is 23.3 Å². The number of nitrogens with zero attached hydrogens (tertiary/aromatic N) is 3. The quantitative estimate of drug-likeness (QED) is 0.700. The highest BCUT2D eigenvalue weighted by Crippen LogP contribution is 2.28. The van der Waals surface area contributed by atoms with Crippen molar-refractivity contribution in [1.29, 1.82) is 0 Å².